The molecule has 3 rings (SSSR count). The molecule has 0 saturated heterocycles. The lowest BCUT2D eigenvalue weighted by Gasteiger charge is -2.47. The van der Waals surface area contributed by atoms with Gasteiger partial charge < -0.3 is 0 Å². The average molecular weight is 212 g/mol. The molecule has 0 radical (unpaired) electrons. The molecular formula is C16H20. The Bertz CT molecular complexity index is 431. The van der Waals surface area contributed by atoms with Gasteiger partial charge in [-0.15, -0.1) is 0 Å². The Hall–Kier alpha value is -1.04. The van der Waals surface area contributed by atoms with E-state index in [4.69, 9.17) is 0 Å². The van der Waals surface area contributed by atoms with Crippen molar-refractivity contribution in [3.8, 4) is 0 Å². The van der Waals surface area contributed by atoms with Crippen molar-refractivity contribution < 1.29 is 0 Å². The van der Waals surface area contributed by atoms with E-state index in [1.807, 2.05) is 0 Å². The third-order valence-corrected chi connectivity index (χ3v) is 4.76. The van der Waals surface area contributed by atoms with Crippen molar-refractivity contribution in [2.45, 2.75) is 39.5 Å². The molecule has 0 bridgehead atoms. The molecule has 16 heavy (non-hydrogen) atoms. The van der Waals surface area contributed by atoms with Gasteiger partial charge in [0.1, 0.15) is 0 Å². The third-order valence-electron chi connectivity index (χ3n) is 4.76. The highest BCUT2D eigenvalue weighted by atomic mass is 14.5. The molecule has 1 unspecified atom stereocenters. The van der Waals surface area contributed by atoms with E-state index < -0.39 is 0 Å². The molecule has 0 aromatic carbocycles. The molecule has 3 aliphatic carbocycles. The molecule has 0 heterocycles. The summed E-state index contributed by atoms with van der Waals surface area (Å²) in [7, 11) is 0. The van der Waals surface area contributed by atoms with Gasteiger partial charge in [0.05, 0.1) is 0 Å². The van der Waals surface area contributed by atoms with Crippen LogP contribution in [-0.4, -0.2) is 0 Å². The maximum absolute atomic E-state index is 2.47. The minimum absolute atomic E-state index is 0.495. The van der Waals surface area contributed by atoms with E-state index in [1.165, 1.54) is 25.7 Å². The molecule has 0 fully saturated rings. The van der Waals surface area contributed by atoms with E-state index in [2.05, 4.69) is 44.2 Å². The standard InChI is InChI=1S/C16H20/c1-12-10-15-11-14(8-9-16(12,15)2)13-6-4-3-5-7-13/h3-4,6,10-12H,5,7-9H2,1-2H3/t12-,16?/m1/s1. The SMILES string of the molecule is C[C@@H]1C=C2C=C(C3=CC=CCC3)CCC21C. The summed E-state index contributed by atoms with van der Waals surface area (Å²) in [6.07, 6.45) is 16.8. The first kappa shape index (κ1) is 10.1. The second-order valence-electron chi connectivity index (χ2n) is 5.66. The summed E-state index contributed by atoms with van der Waals surface area (Å²) in [5.41, 5.74) is 5.26. The number of allylic oxidation sites excluding steroid dienone is 8. The van der Waals surface area contributed by atoms with Gasteiger partial charge in [-0.1, -0.05) is 44.2 Å². The van der Waals surface area contributed by atoms with Gasteiger partial charge in [-0.3, -0.25) is 0 Å². The van der Waals surface area contributed by atoms with Gasteiger partial charge in [0.25, 0.3) is 0 Å². The molecule has 0 nitrogen and oxygen atoms in total. The van der Waals surface area contributed by atoms with Crippen molar-refractivity contribution in [2.24, 2.45) is 11.3 Å². The van der Waals surface area contributed by atoms with Gasteiger partial charge in [0.2, 0.25) is 0 Å². The van der Waals surface area contributed by atoms with Crippen molar-refractivity contribution >= 4 is 0 Å². The van der Waals surface area contributed by atoms with Crippen LogP contribution >= 0.6 is 0 Å². The molecule has 0 saturated carbocycles. The van der Waals surface area contributed by atoms with Gasteiger partial charge in [-0.25, -0.2) is 0 Å². The monoisotopic (exact) mass is 212 g/mol. The van der Waals surface area contributed by atoms with Crippen molar-refractivity contribution in [2.75, 3.05) is 0 Å². The Morgan fingerprint density at radius 1 is 1.25 bits per heavy atom. The quantitative estimate of drug-likeness (QED) is 0.597. The van der Waals surface area contributed by atoms with Crippen LogP contribution in [0.1, 0.15) is 39.5 Å². The summed E-state index contributed by atoms with van der Waals surface area (Å²) in [5.74, 6) is 0.778. The zero-order valence-corrected chi connectivity index (χ0v) is 10.3. The lowest BCUT2D eigenvalue weighted by molar-refractivity contribution is 0.236. The van der Waals surface area contributed by atoms with Crippen molar-refractivity contribution in [3.63, 3.8) is 0 Å². The fraction of sp³-hybridized carbons (Fsp3) is 0.500. The normalized spacial score (nSPS) is 36.9. The summed E-state index contributed by atoms with van der Waals surface area (Å²) < 4.78 is 0. The average Bonchev–Trinajstić information content (AvgIpc) is 2.33. The van der Waals surface area contributed by atoms with E-state index in [-0.39, 0.29) is 0 Å². The fourth-order valence-electron chi connectivity index (χ4n) is 3.17. The van der Waals surface area contributed by atoms with Crippen LogP contribution < -0.4 is 0 Å². The zero-order valence-electron chi connectivity index (χ0n) is 10.3. The molecule has 84 valence electrons. The molecule has 0 aromatic rings. The molecule has 0 spiro atoms. The summed E-state index contributed by atoms with van der Waals surface area (Å²) in [5, 5.41) is 0. The summed E-state index contributed by atoms with van der Waals surface area (Å²) in [6.45, 7) is 4.78. The first-order valence-electron chi connectivity index (χ1n) is 6.49. The number of hydrogen-bond acceptors (Lipinski definition) is 0. The highest BCUT2D eigenvalue weighted by Crippen LogP contribution is 2.54. The Morgan fingerprint density at radius 3 is 2.75 bits per heavy atom. The largest absolute Gasteiger partial charge is 0.0842 e. The van der Waals surface area contributed by atoms with Crippen molar-refractivity contribution in [3.05, 3.63) is 47.1 Å². The van der Waals surface area contributed by atoms with Crippen LogP contribution in [0.25, 0.3) is 0 Å². The fourth-order valence-corrected chi connectivity index (χ4v) is 3.17. The number of fused-ring (bicyclic) bond motifs is 1. The molecule has 2 atom stereocenters. The van der Waals surface area contributed by atoms with Crippen molar-refractivity contribution in [1.82, 2.24) is 0 Å². The summed E-state index contributed by atoms with van der Waals surface area (Å²) in [6, 6.07) is 0. The maximum atomic E-state index is 2.47. The predicted octanol–water partition coefficient (Wildman–Crippen LogP) is 4.57. The molecule has 0 aliphatic heterocycles. The van der Waals surface area contributed by atoms with Gasteiger partial charge in [0.15, 0.2) is 0 Å². The summed E-state index contributed by atoms with van der Waals surface area (Å²) >= 11 is 0. The second-order valence-corrected chi connectivity index (χ2v) is 5.66. The van der Waals surface area contributed by atoms with Crippen LogP contribution in [0.15, 0.2) is 47.1 Å². The van der Waals surface area contributed by atoms with Gasteiger partial charge in [-0.05, 0) is 53.7 Å². The Kier molecular flexibility index (Phi) is 2.20. The van der Waals surface area contributed by atoms with E-state index in [0.29, 0.717) is 5.41 Å². The van der Waals surface area contributed by atoms with Crippen LogP contribution in [0.4, 0.5) is 0 Å². The van der Waals surface area contributed by atoms with E-state index in [0.717, 1.165) is 5.92 Å². The van der Waals surface area contributed by atoms with Gasteiger partial charge in [0, 0.05) is 0 Å². The molecule has 0 amide bonds. The Labute approximate surface area is 98.4 Å². The minimum Gasteiger partial charge on any atom is -0.0842 e. The second kappa shape index (κ2) is 3.48. The highest BCUT2D eigenvalue weighted by molar-refractivity contribution is 5.49. The highest BCUT2D eigenvalue weighted by Gasteiger charge is 2.42. The number of rotatable bonds is 1. The molecule has 0 heteroatoms. The van der Waals surface area contributed by atoms with Crippen LogP contribution in [-0.2, 0) is 0 Å². The lowest BCUT2D eigenvalue weighted by Crippen LogP contribution is -2.36. The topological polar surface area (TPSA) is 0 Å². The van der Waals surface area contributed by atoms with Crippen LogP contribution in [0.2, 0.25) is 0 Å². The maximum Gasteiger partial charge on any atom is -0.00148 e. The predicted molar refractivity (Wildman–Crippen MR) is 69.1 cm³/mol. The van der Waals surface area contributed by atoms with Crippen LogP contribution in [0.3, 0.4) is 0 Å². The lowest BCUT2D eigenvalue weighted by atomic mass is 9.57. The van der Waals surface area contributed by atoms with Crippen molar-refractivity contribution in [1.29, 1.82) is 0 Å². The van der Waals surface area contributed by atoms with E-state index >= 15 is 0 Å². The van der Waals surface area contributed by atoms with E-state index in [9.17, 15) is 0 Å². The van der Waals surface area contributed by atoms with E-state index in [1.54, 1.807) is 16.7 Å². The Morgan fingerprint density at radius 2 is 2.12 bits per heavy atom. The van der Waals surface area contributed by atoms with Gasteiger partial charge in [-0.2, -0.15) is 0 Å². The number of hydrogen-bond donors (Lipinski definition) is 0. The first-order valence-corrected chi connectivity index (χ1v) is 6.49. The smallest absolute Gasteiger partial charge is 0.00148 e. The molecule has 3 aliphatic rings. The first-order chi connectivity index (χ1) is 7.70. The summed E-state index contributed by atoms with van der Waals surface area (Å²) in [4.78, 5) is 0. The third kappa shape index (κ3) is 1.36. The molecular weight excluding hydrogens is 192 g/mol. The van der Waals surface area contributed by atoms with Gasteiger partial charge >= 0.3 is 0 Å². The molecule has 0 N–H and O–H groups in total. The van der Waals surface area contributed by atoms with Crippen LogP contribution in [0.5, 0.6) is 0 Å². The van der Waals surface area contributed by atoms with Crippen LogP contribution in [0, 0.1) is 11.3 Å². The minimum atomic E-state index is 0.495. The zero-order chi connectivity index (χ0) is 11.2. The molecule has 0 aromatic heterocycles. The Balaban J connectivity index is 1.90.